The highest BCUT2D eigenvalue weighted by atomic mass is 32.2. The minimum absolute atomic E-state index is 0.0575. The van der Waals surface area contributed by atoms with Crippen LogP contribution in [0.25, 0.3) is 0 Å². The SMILES string of the molecule is CCOc1cnc(NS(=O)(=O)c2ccc(N)cc2)nc1OCC. The van der Waals surface area contributed by atoms with Crippen molar-refractivity contribution in [1.82, 2.24) is 9.97 Å². The van der Waals surface area contributed by atoms with E-state index in [4.69, 9.17) is 15.2 Å². The summed E-state index contributed by atoms with van der Waals surface area (Å²) in [6, 6.07) is 5.80. The van der Waals surface area contributed by atoms with E-state index in [1.165, 1.54) is 30.5 Å². The molecule has 0 saturated heterocycles. The number of nitrogens with zero attached hydrogens (tertiary/aromatic N) is 2. The van der Waals surface area contributed by atoms with Crippen molar-refractivity contribution in [3.63, 3.8) is 0 Å². The number of anilines is 2. The Balaban J connectivity index is 2.28. The largest absolute Gasteiger partial charge is 0.487 e. The average molecular weight is 338 g/mol. The molecule has 0 aliphatic heterocycles. The van der Waals surface area contributed by atoms with E-state index in [0.717, 1.165) is 0 Å². The van der Waals surface area contributed by atoms with Crippen molar-refractivity contribution in [2.24, 2.45) is 0 Å². The second-order valence-electron chi connectivity index (χ2n) is 4.40. The van der Waals surface area contributed by atoms with Gasteiger partial charge in [0.15, 0.2) is 5.75 Å². The van der Waals surface area contributed by atoms with Gasteiger partial charge in [0, 0.05) is 5.69 Å². The van der Waals surface area contributed by atoms with Gasteiger partial charge < -0.3 is 15.2 Å². The average Bonchev–Trinajstić information content (AvgIpc) is 2.50. The fraction of sp³-hybridized carbons (Fsp3) is 0.286. The highest BCUT2D eigenvalue weighted by molar-refractivity contribution is 7.92. The van der Waals surface area contributed by atoms with Crippen LogP contribution in [0.2, 0.25) is 0 Å². The van der Waals surface area contributed by atoms with Crippen molar-refractivity contribution in [3.05, 3.63) is 30.5 Å². The highest BCUT2D eigenvalue weighted by Crippen LogP contribution is 2.25. The molecule has 8 nitrogen and oxygen atoms in total. The molecule has 2 aromatic rings. The third kappa shape index (κ3) is 4.22. The minimum Gasteiger partial charge on any atom is -0.487 e. The zero-order chi connectivity index (χ0) is 16.9. The molecule has 9 heteroatoms. The molecule has 23 heavy (non-hydrogen) atoms. The molecule has 0 aliphatic rings. The predicted molar refractivity (Wildman–Crippen MR) is 86.0 cm³/mol. The Hall–Kier alpha value is -2.55. The number of rotatable bonds is 7. The molecule has 1 aromatic carbocycles. The van der Waals surface area contributed by atoms with E-state index in [-0.39, 0.29) is 16.7 Å². The van der Waals surface area contributed by atoms with Gasteiger partial charge in [-0.25, -0.2) is 18.1 Å². The van der Waals surface area contributed by atoms with Gasteiger partial charge >= 0.3 is 0 Å². The summed E-state index contributed by atoms with van der Waals surface area (Å²) in [6.45, 7) is 4.38. The Labute approximate surface area is 134 Å². The number of benzene rings is 1. The lowest BCUT2D eigenvalue weighted by Gasteiger charge is -2.11. The lowest BCUT2D eigenvalue weighted by atomic mass is 10.3. The van der Waals surface area contributed by atoms with Crippen LogP contribution in [0, 0.1) is 0 Å². The molecule has 0 saturated carbocycles. The van der Waals surface area contributed by atoms with Crippen molar-refractivity contribution in [2.45, 2.75) is 18.7 Å². The zero-order valence-electron chi connectivity index (χ0n) is 12.8. The predicted octanol–water partition coefficient (Wildman–Crippen LogP) is 1.66. The second kappa shape index (κ2) is 7.14. The van der Waals surface area contributed by atoms with Gasteiger partial charge in [-0.05, 0) is 38.1 Å². The van der Waals surface area contributed by atoms with E-state index < -0.39 is 10.0 Å². The number of sulfonamides is 1. The van der Waals surface area contributed by atoms with E-state index in [1.807, 2.05) is 6.92 Å². The lowest BCUT2D eigenvalue weighted by Crippen LogP contribution is -2.15. The Morgan fingerprint density at radius 1 is 1.13 bits per heavy atom. The molecule has 1 aromatic heterocycles. The summed E-state index contributed by atoms with van der Waals surface area (Å²) < 4.78 is 37.5. The standard InChI is InChI=1S/C14H18N4O4S/c1-3-21-12-9-16-14(17-13(12)22-4-2)18-23(19,20)11-7-5-10(15)6-8-11/h5-9H,3-4,15H2,1-2H3,(H,16,17,18). The van der Waals surface area contributed by atoms with E-state index in [1.54, 1.807) is 6.92 Å². The van der Waals surface area contributed by atoms with Gasteiger partial charge in [-0.1, -0.05) is 0 Å². The van der Waals surface area contributed by atoms with E-state index in [2.05, 4.69) is 14.7 Å². The van der Waals surface area contributed by atoms with E-state index >= 15 is 0 Å². The van der Waals surface area contributed by atoms with Crippen LogP contribution in [0.1, 0.15) is 13.8 Å². The first-order valence-corrected chi connectivity index (χ1v) is 8.45. The van der Waals surface area contributed by atoms with Crippen LogP contribution in [0.15, 0.2) is 35.4 Å². The van der Waals surface area contributed by atoms with Gasteiger partial charge in [0.25, 0.3) is 15.9 Å². The summed E-state index contributed by atoms with van der Waals surface area (Å²) in [5.41, 5.74) is 6.02. The number of aromatic nitrogens is 2. The smallest absolute Gasteiger partial charge is 0.264 e. The number of hydrogen-bond acceptors (Lipinski definition) is 7. The van der Waals surface area contributed by atoms with Gasteiger partial charge in [-0.2, -0.15) is 4.98 Å². The van der Waals surface area contributed by atoms with Gasteiger partial charge in [0.2, 0.25) is 5.95 Å². The van der Waals surface area contributed by atoms with Crippen LogP contribution in [-0.2, 0) is 10.0 Å². The zero-order valence-corrected chi connectivity index (χ0v) is 13.6. The molecule has 0 bridgehead atoms. The summed E-state index contributed by atoms with van der Waals surface area (Å²) in [5.74, 6) is 0.429. The molecule has 0 aliphatic carbocycles. The Morgan fingerprint density at radius 2 is 1.78 bits per heavy atom. The topological polar surface area (TPSA) is 116 Å². The second-order valence-corrected chi connectivity index (χ2v) is 6.09. The molecular formula is C14H18N4O4S. The molecule has 0 amide bonds. The van der Waals surface area contributed by atoms with Crippen LogP contribution in [0.3, 0.4) is 0 Å². The fourth-order valence-electron chi connectivity index (χ4n) is 1.73. The van der Waals surface area contributed by atoms with Crippen molar-refractivity contribution in [3.8, 4) is 11.6 Å². The third-order valence-electron chi connectivity index (χ3n) is 2.72. The minimum atomic E-state index is -3.81. The first-order valence-electron chi connectivity index (χ1n) is 6.97. The lowest BCUT2D eigenvalue weighted by molar-refractivity contribution is 0.277. The molecule has 0 spiro atoms. The Morgan fingerprint density at radius 3 is 2.39 bits per heavy atom. The number of ether oxygens (including phenoxy) is 2. The first kappa shape index (κ1) is 16.8. The summed E-state index contributed by atoms with van der Waals surface area (Å²) in [5, 5.41) is 0. The van der Waals surface area contributed by atoms with Crippen LogP contribution in [0.4, 0.5) is 11.6 Å². The first-order chi connectivity index (χ1) is 11.0. The summed E-state index contributed by atoms with van der Waals surface area (Å²) in [6.07, 6.45) is 1.36. The van der Waals surface area contributed by atoms with Crippen LogP contribution >= 0.6 is 0 Å². The maximum atomic E-state index is 12.3. The summed E-state index contributed by atoms with van der Waals surface area (Å²) in [7, 11) is -3.81. The molecule has 1 heterocycles. The summed E-state index contributed by atoms with van der Waals surface area (Å²) in [4.78, 5) is 8.03. The monoisotopic (exact) mass is 338 g/mol. The van der Waals surface area contributed by atoms with Crippen molar-refractivity contribution in [2.75, 3.05) is 23.7 Å². The maximum absolute atomic E-state index is 12.3. The van der Waals surface area contributed by atoms with Crippen molar-refractivity contribution < 1.29 is 17.9 Å². The fourth-order valence-corrected chi connectivity index (χ4v) is 2.68. The molecule has 0 radical (unpaired) electrons. The molecule has 0 fully saturated rings. The van der Waals surface area contributed by atoms with E-state index in [9.17, 15) is 8.42 Å². The van der Waals surface area contributed by atoms with Crippen LogP contribution in [-0.4, -0.2) is 31.6 Å². The number of nitrogen functional groups attached to an aromatic ring is 1. The van der Waals surface area contributed by atoms with Gasteiger partial charge in [-0.15, -0.1) is 0 Å². The number of nitrogens with two attached hydrogens (primary N) is 1. The van der Waals surface area contributed by atoms with Crippen molar-refractivity contribution >= 4 is 21.7 Å². The summed E-state index contributed by atoms with van der Waals surface area (Å²) >= 11 is 0. The van der Waals surface area contributed by atoms with Crippen molar-refractivity contribution in [1.29, 1.82) is 0 Å². The highest BCUT2D eigenvalue weighted by Gasteiger charge is 2.17. The number of hydrogen-bond donors (Lipinski definition) is 2. The third-order valence-corrected chi connectivity index (χ3v) is 4.06. The normalized spacial score (nSPS) is 11.0. The molecule has 0 unspecified atom stereocenters. The maximum Gasteiger partial charge on any atom is 0.264 e. The Kier molecular flexibility index (Phi) is 5.22. The molecular weight excluding hydrogens is 320 g/mol. The molecule has 2 rings (SSSR count). The Bertz CT molecular complexity index is 763. The van der Waals surface area contributed by atoms with Gasteiger partial charge in [0.05, 0.1) is 24.3 Å². The van der Waals surface area contributed by atoms with E-state index in [0.29, 0.717) is 24.7 Å². The molecule has 3 N–H and O–H groups in total. The van der Waals surface area contributed by atoms with Gasteiger partial charge in [0.1, 0.15) is 0 Å². The van der Waals surface area contributed by atoms with Gasteiger partial charge in [-0.3, -0.25) is 0 Å². The quantitative estimate of drug-likeness (QED) is 0.737. The molecule has 0 atom stereocenters. The van der Waals surface area contributed by atoms with Crippen LogP contribution in [0.5, 0.6) is 11.6 Å². The number of nitrogens with one attached hydrogen (secondary N) is 1. The molecule has 124 valence electrons. The van der Waals surface area contributed by atoms with Crippen LogP contribution < -0.4 is 19.9 Å².